The highest BCUT2D eigenvalue weighted by atomic mass is 19.1. The number of aliphatic carboxylic acids is 1. The number of carbonyl (C=O) groups is 2. The van der Waals surface area contributed by atoms with E-state index in [0.29, 0.717) is 31.7 Å². The molecule has 4 aliphatic carbocycles. The monoisotopic (exact) mass is 469 g/mol. The Hall–Kier alpha value is -2.11. The van der Waals surface area contributed by atoms with Crippen LogP contribution in [-0.4, -0.2) is 41.1 Å². The lowest BCUT2D eigenvalue weighted by atomic mass is 9.53. The molecular weight excluding hydrogens is 433 g/mol. The fraction of sp³-hybridized carbons (Fsp3) is 0.714. The number of halogens is 1. The lowest BCUT2D eigenvalue weighted by molar-refractivity contribution is -0.141. The molecule has 0 spiro atoms. The molecule has 6 rings (SSSR count). The van der Waals surface area contributed by atoms with Gasteiger partial charge in [0.05, 0.1) is 12.2 Å². The summed E-state index contributed by atoms with van der Waals surface area (Å²) in [4.78, 5) is 26.1. The third-order valence-corrected chi connectivity index (χ3v) is 9.94. The summed E-state index contributed by atoms with van der Waals surface area (Å²) in [5, 5.41) is 9.47. The highest BCUT2D eigenvalue weighted by Gasteiger charge is 2.60. The topological polar surface area (TPSA) is 66.8 Å². The SMILES string of the molecule is CC1CC2CC3C(C1)CC3(COc1cc(F)c(C(=O)N3CCC[C@H]3C(=O)O)cc1C1CCC1)C2. The molecular formula is C28H36FNO4. The van der Waals surface area contributed by atoms with E-state index in [2.05, 4.69) is 6.92 Å². The van der Waals surface area contributed by atoms with Gasteiger partial charge in [0.15, 0.2) is 0 Å². The maximum Gasteiger partial charge on any atom is 0.326 e. The number of benzene rings is 1. The standard InChI is InChI=1S/C28H36FNO4/c1-16-8-17-10-22-19(9-16)14-28(22,13-17)15-34-25-12-23(29)21(11-20(25)18-4-2-5-18)26(31)30-7-3-6-24(30)27(32)33/h11-12,16-19,22,24H,2-10,13-15H2,1H3,(H,32,33)/t16?,17?,19?,22?,24-,28?/m0/s1. The van der Waals surface area contributed by atoms with Crippen molar-refractivity contribution in [2.45, 2.75) is 83.1 Å². The van der Waals surface area contributed by atoms with Crippen molar-refractivity contribution in [2.24, 2.45) is 29.1 Å². The number of carbonyl (C=O) groups excluding carboxylic acids is 1. The van der Waals surface area contributed by atoms with Crippen molar-refractivity contribution in [1.29, 1.82) is 0 Å². The molecule has 1 aromatic rings. The van der Waals surface area contributed by atoms with Gasteiger partial charge in [-0.3, -0.25) is 4.79 Å². The minimum Gasteiger partial charge on any atom is -0.493 e. The summed E-state index contributed by atoms with van der Waals surface area (Å²) in [5.41, 5.74) is 1.18. The molecule has 1 N–H and O–H groups in total. The first kappa shape index (κ1) is 22.4. The first-order valence-electron chi connectivity index (χ1n) is 13.3. The van der Waals surface area contributed by atoms with Crippen LogP contribution in [0.25, 0.3) is 0 Å². The summed E-state index contributed by atoms with van der Waals surface area (Å²) in [6.45, 7) is 3.41. The molecule has 1 saturated heterocycles. The first-order valence-corrected chi connectivity index (χ1v) is 13.3. The van der Waals surface area contributed by atoms with Crippen molar-refractivity contribution in [2.75, 3.05) is 13.2 Å². The third kappa shape index (κ3) is 3.54. The number of hydrogen-bond donors (Lipinski definition) is 1. The molecule has 6 atom stereocenters. The van der Waals surface area contributed by atoms with Gasteiger partial charge in [-0.15, -0.1) is 0 Å². The van der Waals surface area contributed by atoms with Crippen LogP contribution in [0.1, 0.15) is 93.0 Å². The molecule has 2 bridgehead atoms. The minimum absolute atomic E-state index is 0.00790. The molecule has 1 amide bonds. The fourth-order valence-corrected chi connectivity index (χ4v) is 8.23. The molecule has 1 heterocycles. The number of carboxylic acids is 1. The van der Waals surface area contributed by atoms with E-state index in [1.54, 1.807) is 6.07 Å². The average Bonchev–Trinajstić information content (AvgIpc) is 3.30. The number of fused-ring (bicyclic) bond motifs is 1. The summed E-state index contributed by atoms with van der Waals surface area (Å²) >= 11 is 0. The van der Waals surface area contributed by atoms with Crippen LogP contribution in [0.15, 0.2) is 12.1 Å². The largest absolute Gasteiger partial charge is 0.493 e. The fourth-order valence-electron chi connectivity index (χ4n) is 8.23. The Bertz CT molecular complexity index is 1000. The average molecular weight is 470 g/mol. The number of hydrogen-bond acceptors (Lipinski definition) is 3. The number of nitrogens with zero attached hydrogens (tertiary/aromatic N) is 1. The van der Waals surface area contributed by atoms with Gasteiger partial charge in [-0.2, -0.15) is 0 Å². The van der Waals surface area contributed by atoms with Crippen LogP contribution in [0.3, 0.4) is 0 Å². The molecule has 1 aromatic carbocycles. The van der Waals surface area contributed by atoms with Gasteiger partial charge in [-0.25, -0.2) is 9.18 Å². The number of amides is 1. The van der Waals surface area contributed by atoms with Crippen LogP contribution in [0.4, 0.5) is 4.39 Å². The van der Waals surface area contributed by atoms with Crippen molar-refractivity contribution in [3.63, 3.8) is 0 Å². The van der Waals surface area contributed by atoms with E-state index in [9.17, 15) is 14.7 Å². The normalized spacial score (nSPS) is 36.5. The van der Waals surface area contributed by atoms with Crippen molar-refractivity contribution >= 4 is 11.9 Å². The van der Waals surface area contributed by atoms with Crippen LogP contribution in [0.2, 0.25) is 0 Å². The summed E-state index contributed by atoms with van der Waals surface area (Å²) in [7, 11) is 0. The first-order chi connectivity index (χ1) is 16.3. The molecule has 0 aromatic heterocycles. The molecule has 1 aliphatic heterocycles. The Labute approximate surface area is 201 Å². The lowest BCUT2D eigenvalue weighted by Gasteiger charge is -2.53. The second kappa shape index (κ2) is 8.23. The smallest absolute Gasteiger partial charge is 0.326 e. The van der Waals surface area contributed by atoms with Gasteiger partial charge in [-0.1, -0.05) is 13.3 Å². The Morgan fingerprint density at radius 1 is 1.15 bits per heavy atom. The molecule has 184 valence electrons. The predicted octanol–water partition coefficient (Wildman–Crippen LogP) is 5.62. The van der Waals surface area contributed by atoms with Gasteiger partial charge >= 0.3 is 5.97 Å². The van der Waals surface area contributed by atoms with E-state index in [4.69, 9.17) is 4.74 Å². The van der Waals surface area contributed by atoms with Crippen molar-refractivity contribution < 1.29 is 23.8 Å². The zero-order valence-electron chi connectivity index (χ0n) is 20.1. The van der Waals surface area contributed by atoms with Crippen LogP contribution >= 0.6 is 0 Å². The van der Waals surface area contributed by atoms with Gasteiger partial charge in [0, 0.05) is 18.0 Å². The van der Waals surface area contributed by atoms with Crippen LogP contribution < -0.4 is 4.74 Å². The second-order valence-electron chi connectivity index (χ2n) is 12.1. The molecule has 5 fully saturated rings. The summed E-state index contributed by atoms with van der Waals surface area (Å²) in [6, 6.07) is 2.22. The second-order valence-corrected chi connectivity index (χ2v) is 12.1. The summed E-state index contributed by atoms with van der Waals surface area (Å²) in [5.74, 6) is 1.98. The van der Waals surface area contributed by atoms with E-state index in [1.165, 1.54) is 43.1 Å². The maximum absolute atomic E-state index is 15.3. The number of rotatable bonds is 6. The van der Waals surface area contributed by atoms with Gasteiger partial charge in [-0.05, 0) is 99.0 Å². The van der Waals surface area contributed by atoms with Gasteiger partial charge in [0.2, 0.25) is 0 Å². The van der Waals surface area contributed by atoms with E-state index in [-0.39, 0.29) is 16.9 Å². The molecule has 4 saturated carbocycles. The summed E-state index contributed by atoms with van der Waals surface area (Å²) in [6.07, 6.45) is 10.7. The number of likely N-dealkylation sites (tertiary alicyclic amines) is 1. The Morgan fingerprint density at radius 2 is 1.97 bits per heavy atom. The molecule has 6 heteroatoms. The Kier molecular flexibility index (Phi) is 5.42. The molecule has 0 radical (unpaired) electrons. The van der Waals surface area contributed by atoms with E-state index in [1.807, 2.05) is 0 Å². The minimum atomic E-state index is -1.02. The van der Waals surface area contributed by atoms with E-state index in [0.717, 1.165) is 48.5 Å². The molecule has 5 unspecified atom stereocenters. The maximum atomic E-state index is 15.3. The van der Waals surface area contributed by atoms with E-state index < -0.39 is 23.7 Å². The van der Waals surface area contributed by atoms with E-state index >= 15 is 4.39 Å². The van der Waals surface area contributed by atoms with Gasteiger partial charge < -0.3 is 14.7 Å². The Balaban J connectivity index is 1.24. The lowest BCUT2D eigenvalue weighted by Crippen LogP contribution is -2.49. The summed E-state index contributed by atoms with van der Waals surface area (Å²) < 4.78 is 21.7. The number of carboxylic acid groups (broad SMARTS) is 1. The van der Waals surface area contributed by atoms with Crippen LogP contribution in [0, 0.1) is 34.9 Å². The third-order valence-electron chi connectivity index (χ3n) is 9.94. The molecule has 5 aliphatic rings. The zero-order valence-corrected chi connectivity index (χ0v) is 20.1. The van der Waals surface area contributed by atoms with Gasteiger partial charge in [0.25, 0.3) is 5.91 Å². The predicted molar refractivity (Wildman–Crippen MR) is 125 cm³/mol. The highest BCUT2D eigenvalue weighted by molar-refractivity contribution is 5.97. The Morgan fingerprint density at radius 3 is 2.71 bits per heavy atom. The zero-order chi connectivity index (χ0) is 23.6. The van der Waals surface area contributed by atoms with Gasteiger partial charge in [0.1, 0.15) is 17.6 Å². The quantitative estimate of drug-likeness (QED) is 0.587. The van der Waals surface area contributed by atoms with Crippen molar-refractivity contribution in [3.8, 4) is 5.75 Å². The highest BCUT2D eigenvalue weighted by Crippen LogP contribution is 2.67. The van der Waals surface area contributed by atoms with Crippen molar-refractivity contribution in [1.82, 2.24) is 4.90 Å². The van der Waals surface area contributed by atoms with Crippen molar-refractivity contribution in [3.05, 3.63) is 29.1 Å². The van der Waals surface area contributed by atoms with Crippen LogP contribution in [-0.2, 0) is 4.79 Å². The number of ether oxygens (including phenoxy) is 1. The van der Waals surface area contributed by atoms with Crippen LogP contribution in [0.5, 0.6) is 5.75 Å². The molecule has 34 heavy (non-hydrogen) atoms. The molecule has 5 nitrogen and oxygen atoms in total.